The van der Waals surface area contributed by atoms with E-state index in [9.17, 15) is 9.59 Å². The molecule has 0 aliphatic carbocycles. The van der Waals surface area contributed by atoms with Crippen LogP contribution in [0.1, 0.15) is 55.8 Å². The van der Waals surface area contributed by atoms with Crippen LogP contribution in [0.4, 0.5) is 0 Å². The van der Waals surface area contributed by atoms with E-state index in [1.165, 1.54) is 12.8 Å². The first-order chi connectivity index (χ1) is 12.1. The average Bonchev–Trinajstić information content (AvgIpc) is 3.18. The van der Waals surface area contributed by atoms with Crippen molar-refractivity contribution in [3.63, 3.8) is 0 Å². The van der Waals surface area contributed by atoms with E-state index in [-0.39, 0.29) is 30.3 Å². The number of fused-ring (bicyclic) bond motifs is 2. The lowest BCUT2D eigenvalue weighted by Crippen LogP contribution is -2.59. The van der Waals surface area contributed by atoms with E-state index in [4.69, 9.17) is 0 Å². The van der Waals surface area contributed by atoms with Gasteiger partial charge in [0.15, 0.2) is 0 Å². The van der Waals surface area contributed by atoms with Crippen molar-refractivity contribution in [3.05, 3.63) is 35.9 Å². The molecule has 2 N–H and O–H groups in total. The monoisotopic (exact) mass is 377 g/mol. The molecule has 3 unspecified atom stereocenters. The fourth-order valence-corrected chi connectivity index (χ4v) is 4.78. The van der Waals surface area contributed by atoms with E-state index in [2.05, 4.69) is 10.6 Å². The van der Waals surface area contributed by atoms with Gasteiger partial charge in [0, 0.05) is 30.2 Å². The smallest absolute Gasteiger partial charge is 0.254 e. The first-order valence-corrected chi connectivity index (χ1v) is 9.50. The second kappa shape index (κ2) is 7.57. The summed E-state index contributed by atoms with van der Waals surface area (Å²) in [6.07, 6.45) is 6.05. The molecule has 6 heteroatoms. The zero-order valence-corrected chi connectivity index (χ0v) is 16.1. The van der Waals surface area contributed by atoms with E-state index >= 15 is 0 Å². The van der Waals surface area contributed by atoms with Crippen molar-refractivity contribution in [2.24, 2.45) is 0 Å². The summed E-state index contributed by atoms with van der Waals surface area (Å²) in [7, 11) is 0. The number of likely N-dealkylation sites (tertiary alicyclic amines) is 1. The molecule has 0 saturated carbocycles. The normalized spacial score (nSPS) is 32.8. The highest BCUT2D eigenvalue weighted by Crippen LogP contribution is 2.32. The second-order valence-corrected chi connectivity index (χ2v) is 7.98. The first kappa shape index (κ1) is 19.2. The highest BCUT2D eigenvalue weighted by molar-refractivity contribution is 5.99. The quantitative estimate of drug-likeness (QED) is 0.850. The number of hydrogen-bond donors (Lipinski definition) is 2. The minimum atomic E-state index is -0.739. The van der Waals surface area contributed by atoms with Crippen LogP contribution in [0.15, 0.2) is 30.3 Å². The molecule has 0 spiro atoms. The van der Waals surface area contributed by atoms with Gasteiger partial charge in [-0.15, -0.1) is 12.4 Å². The fourth-order valence-electron chi connectivity index (χ4n) is 4.78. The summed E-state index contributed by atoms with van der Waals surface area (Å²) in [5, 5.41) is 6.87. The van der Waals surface area contributed by atoms with E-state index in [1.807, 2.05) is 37.3 Å². The lowest BCUT2D eigenvalue weighted by Gasteiger charge is -2.37. The molecule has 142 valence electrons. The van der Waals surface area contributed by atoms with Crippen molar-refractivity contribution in [2.45, 2.75) is 69.1 Å². The topological polar surface area (TPSA) is 61.4 Å². The number of carbonyl (C=O) groups excluding carboxylic acids is 2. The van der Waals surface area contributed by atoms with Crippen LogP contribution in [0.5, 0.6) is 0 Å². The molecule has 5 nitrogen and oxygen atoms in total. The van der Waals surface area contributed by atoms with Gasteiger partial charge >= 0.3 is 0 Å². The number of hydrogen-bond acceptors (Lipinski definition) is 3. The highest BCUT2D eigenvalue weighted by atomic mass is 35.5. The van der Waals surface area contributed by atoms with Crippen molar-refractivity contribution < 1.29 is 9.59 Å². The largest absolute Gasteiger partial charge is 0.351 e. The summed E-state index contributed by atoms with van der Waals surface area (Å²) < 4.78 is 0. The van der Waals surface area contributed by atoms with Gasteiger partial charge in [-0.1, -0.05) is 18.2 Å². The zero-order chi connectivity index (χ0) is 17.4. The van der Waals surface area contributed by atoms with Crippen LogP contribution in [0, 0.1) is 0 Å². The molecule has 3 atom stereocenters. The third-order valence-corrected chi connectivity index (χ3v) is 6.20. The number of halogens is 1. The van der Waals surface area contributed by atoms with Crippen molar-refractivity contribution in [1.29, 1.82) is 0 Å². The van der Waals surface area contributed by atoms with Gasteiger partial charge in [0.1, 0.15) is 5.54 Å². The Morgan fingerprint density at radius 1 is 1.15 bits per heavy atom. The summed E-state index contributed by atoms with van der Waals surface area (Å²) in [6, 6.07) is 10.6. The summed E-state index contributed by atoms with van der Waals surface area (Å²) >= 11 is 0. The van der Waals surface area contributed by atoms with Crippen molar-refractivity contribution in [2.75, 3.05) is 6.54 Å². The predicted molar refractivity (Wildman–Crippen MR) is 103 cm³/mol. The molecule has 4 rings (SSSR count). The fraction of sp³-hybridized carbons (Fsp3) is 0.600. The standard InChI is InChI=1S/C20H27N3O2.ClH/c1-20(19(25)22-17-12-15-8-9-16(13-17)21-15)10-5-11-23(20)18(24)14-6-3-2-4-7-14;/h2-4,6-7,15-17,21H,5,8-13H2,1H3,(H,22,25);1H. The maximum atomic E-state index is 13.1. The Morgan fingerprint density at radius 2 is 1.81 bits per heavy atom. The molecule has 3 heterocycles. The summed E-state index contributed by atoms with van der Waals surface area (Å²) in [6.45, 7) is 2.57. The molecular weight excluding hydrogens is 350 g/mol. The molecule has 3 saturated heterocycles. The molecule has 0 radical (unpaired) electrons. The Kier molecular flexibility index (Phi) is 5.58. The van der Waals surface area contributed by atoms with Crippen molar-refractivity contribution in [1.82, 2.24) is 15.5 Å². The third kappa shape index (κ3) is 3.47. The molecular formula is C20H28ClN3O2. The van der Waals surface area contributed by atoms with Gasteiger partial charge in [-0.3, -0.25) is 9.59 Å². The average molecular weight is 378 g/mol. The Bertz CT molecular complexity index is 656. The van der Waals surface area contributed by atoms with Gasteiger partial charge in [-0.05, 0) is 57.6 Å². The first-order valence-electron chi connectivity index (χ1n) is 9.50. The molecule has 2 bridgehead atoms. The van der Waals surface area contributed by atoms with Crippen LogP contribution in [-0.2, 0) is 4.79 Å². The van der Waals surface area contributed by atoms with Crippen LogP contribution < -0.4 is 10.6 Å². The van der Waals surface area contributed by atoms with E-state index in [0.29, 0.717) is 24.2 Å². The van der Waals surface area contributed by atoms with Gasteiger partial charge < -0.3 is 15.5 Å². The molecule has 26 heavy (non-hydrogen) atoms. The molecule has 1 aromatic rings. The van der Waals surface area contributed by atoms with Crippen LogP contribution in [0.2, 0.25) is 0 Å². The lowest BCUT2D eigenvalue weighted by molar-refractivity contribution is -0.130. The van der Waals surface area contributed by atoms with Crippen molar-refractivity contribution in [3.8, 4) is 0 Å². The Labute approximate surface area is 161 Å². The number of piperidine rings is 1. The summed E-state index contributed by atoms with van der Waals surface area (Å²) in [4.78, 5) is 27.8. The Morgan fingerprint density at radius 3 is 2.46 bits per heavy atom. The van der Waals surface area contributed by atoms with Crippen molar-refractivity contribution >= 4 is 24.2 Å². The minimum Gasteiger partial charge on any atom is -0.351 e. The molecule has 3 fully saturated rings. The maximum absolute atomic E-state index is 13.1. The minimum absolute atomic E-state index is 0. The Balaban J connectivity index is 0.00000196. The van der Waals surface area contributed by atoms with Gasteiger partial charge in [0.05, 0.1) is 0 Å². The number of amides is 2. The number of rotatable bonds is 3. The molecule has 2 amide bonds. The SMILES string of the molecule is CC1(C(=O)NC2CC3CCC(C2)N3)CCCN1C(=O)c1ccccc1.Cl. The van der Waals surface area contributed by atoms with Crippen LogP contribution in [0.25, 0.3) is 0 Å². The lowest BCUT2D eigenvalue weighted by atomic mass is 9.94. The number of nitrogens with one attached hydrogen (secondary N) is 2. The van der Waals surface area contributed by atoms with Gasteiger partial charge in [-0.25, -0.2) is 0 Å². The van der Waals surface area contributed by atoms with Gasteiger partial charge in [-0.2, -0.15) is 0 Å². The number of carbonyl (C=O) groups is 2. The molecule has 3 aliphatic heterocycles. The van der Waals surface area contributed by atoms with Gasteiger partial charge in [0.2, 0.25) is 5.91 Å². The number of nitrogens with zero attached hydrogens (tertiary/aromatic N) is 1. The summed E-state index contributed by atoms with van der Waals surface area (Å²) in [5.41, 5.74) is -0.0834. The van der Waals surface area contributed by atoms with E-state index < -0.39 is 5.54 Å². The molecule has 3 aliphatic rings. The zero-order valence-electron chi connectivity index (χ0n) is 15.2. The Hall–Kier alpha value is -1.59. The highest BCUT2D eigenvalue weighted by Gasteiger charge is 2.47. The third-order valence-electron chi connectivity index (χ3n) is 6.20. The second-order valence-electron chi connectivity index (χ2n) is 7.98. The van der Waals surface area contributed by atoms with E-state index in [1.54, 1.807) is 4.90 Å². The number of benzene rings is 1. The van der Waals surface area contributed by atoms with Gasteiger partial charge in [0.25, 0.3) is 5.91 Å². The maximum Gasteiger partial charge on any atom is 0.254 e. The van der Waals surface area contributed by atoms with Crippen LogP contribution >= 0.6 is 12.4 Å². The molecule has 1 aromatic carbocycles. The van der Waals surface area contributed by atoms with Crippen LogP contribution in [-0.4, -0.2) is 46.9 Å². The van der Waals surface area contributed by atoms with E-state index in [0.717, 1.165) is 25.7 Å². The van der Waals surface area contributed by atoms with Crippen LogP contribution in [0.3, 0.4) is 0 Å². The summed E-state index contributed by atoms with van der Waals surface area (Å²) in [5.74, 6) is -0.0262. The molecule has 0 aromatic heterocycles. The predicted octanol–water partition coefficient (Wildman–Crippen LogP) is 2.50.